The molecule has 1 heterocycles. The van der Waals surface area contributed by atoms with Gasteiger partial charge in [0.2, 0.25) is 5.91 Å². The van der Waals surface area contributed by atoms with E-state index in [0.29, 0.717) is 30.6 Å². The molecule has 0 saturated heterocycles. The van der Waals surface area contributed by atoms with E-state index in [1.165, 1.54) is 4.90 Å². The maximum atomic E-state index is 12.0. The van der Waals surface area contributed by atoms with E-state index >= 15 is 0 Å². The minimum absolute atomic E-state index is 0.0661. The number of ketones is 1. The van der Waals surface area contributed by atoms with Crippen LogP contribution in [0.4, 0.5) is 5.69 Å². The molecule has 0 fully saturated rings. The van der Waals surface area contributed by atoms with E-state index in [1.54, 1.807) is 7.05 Å². The number of aryl methyl sites for hydroxylation is 2. The number of nitrogens with zero attached hydrogens (tertiary/aromatic N) is 1. The van der Waals surface area contributed by atoms with E-state index in [0.717, 1.165) is 11.1 Å². The van der Waals surface area contributed by atoms with Crippen LogP contribution in [0.15, 0.2) is 12.1 Å². The Kier molecular flexibility index (Phi) is 3.88. The van der Waals surface area contributed by atoms with Gasteiger partial charge in [-0.2, -0.15) is 0 Å². The van der Waals surface area contributed by atoms with Crippen molar-refractivity contribution in [2.75, 3.05) is 18.5 Å². The van der Waals surface area contributed by atoms with Gasteiger partial charge in [0.1, 0.15) is 0 Å². The first-order valence-corrected chi connectivity index (χ1v) is 6.63. The van der Waals surface area contributed by atoms with Gasteiger partial charge in [0.05, 0.1) is 11.3 Å². The number of Topliss-reactive ketones (excluding diaryl/α,β-unsaturated/α-hetero) is 1. The molecule has 0 bridgehead atoms. The Bertz CT molecular complexity index is 593. The molecule has 1 aromatic rings. The van der Waals surface area contributed by atoms with Crippen LogP contribution in [0, 0.1) is 13.8 Å². The van der Waals surface area contributed by atoms with Gasteiger partial charge in [-0.3, -0.25) is 14.4 Å². The number of hydrogen-bond acceptors (Lipinski definition) is 3. The molecule has 0 aromatic heterocycles. The number of amides is 2. The van der Waals surface area contributed by atoms with Crippen molar-refractivity contribution >= 4 is 23.3 Å². The number of nitrogens with one attached hydrogen (secondary N) is 1. The van der Waals surface area contributed by atoms with E-state index in [1.807, 2.05) is 26.0 Å². The second-order valence-corrected chi connectivity index (χ2v) is 5.04. The van der Waals surface area contributed by atoms with Gasteiger partial charge in [0.15, 0.2) is 0 Å². The van der Waals surface area contributed by atoms with E-state index in [4.69, 9.17) is 0 Å². The molecule has 5 heteroatoms. The number of carbonyl (C=O) groups is 3. The molecule has 0 saturated carbocycles. The Balaban J connectivity index is 2.22. The molecule has 2 rings (SSSR count). The summed E-state index contributed by atoms with van der Waals surface area (Å²) in [7, 11) is 1.58. The van der Waals surface area contributed by atoms with E-state index in [2.05, 4.69) is 5.32 Å². The summed E-state index contributed by atoms with van der Waals surface area (Å²) < 4.78 is 0. The molecule has 1 aliphatic heterocycles. The number of rotatable bonds is 4. The van der Waals surface area contributed by atoms with Crippen molar-refractivity contribution in [3.8, 4) is 0 Å². The lowest BCUT2D eigenvalue weighted by Crippen LogP contribution is -2.31. The van der Waals surface area contributed by atoms with E-state index < -0.39 is 11.7 Å². The van der Waals surface area contributed by atoms with Crippen LogP contribution in [0.2, 0.25) is 0 Å². The van der Waals surface area contributed by atoms with Crippen LogP contribution in [0.5, 0.6) is 0 Å². The zero-order chi connectivity index (χ0) is 14.9. The fraction of sp³-hybridized carbons (Fsp3) is 0.400. The van der Waals surface area contributed by atoms with Crippen molar-refractivity contribution in [1.82, 2.24) is 5.32 Å². The number of fused-ring (bicyclic) bond motifs is 1. The standard InChI is InChI=1S/C15H18N2O3/c1-9-7-10(2)13-11(8-9)17(15(20)14(13)19)6-4-5-12(18)16-3/h7-8H,4-6H2,1-3H3,(H,16,18). The zero-order valence-electron chi connectivity index (χ0n) is 11.9. The van der Waals surface area contributed by atoms with Crippen LogP contribution in [0.3, 0.4) is 0 Å². The summed E-state index contributed by atoms with van der Waals surface area (Å²) in [4.78, 5) is 36.8. The molecule has 1 aliphatic rings. The Morgan fingerprint density at radius 2 is 1.95 bits per heavy atom. The highest BCUT2D eigenvalue weighted by Gasteiger charge is 2.36. The summed E-state index contributed by atoms with van der Waals surface area (Å²) in [5, 5.41) is 2.54. The molecule has 0 spiro atoms. The highest BCUT2D eigenvalue weighted by molar-refractivity contribution is 6.52. The highest BCUT2D eigenvalue weighted by atomic mass is 16.2. The molecule has 20 heavy (non-hydrogen) atoms. The van der Waals surface area contributed by atoms with Crippen LogP contribution in [0.1, 0.15) is 34.3 Å². The van der Waals surface area contributed by atoms with Crippen LogP contribution in [0.25, 0.3) is 0 Å². The minimum Gasteiger partial charge on any atom is -0.359 e. The average Bonchev–Trinajstić information content (AvgIpc) is 2.63. The van der Waals surface area contributed by atoms with Gasteiger partial charge in [0.25, 0.3) is 11.7 Å². The fourth-order valence-electron chi connectivity index (χ4n) is 2.54. The third-order valence-electron chi connectivity index (χ3n) is 3.48. The minimum atomic E-state index is -0.495. The Morgan fingerprint density at radius 3 is 2.60 bits per heavy atom. The molecule has 1 aromatic carbocycles. The summed E-state index contributed by atoms with van der Waals surface area (Å²) in [6, 6.07) is 3.75. The maximum Gasteiger partial charge on any atom is 0.299 e. The van der Waals surface area contributed by atoms with Gasteiger partial charge in [-0.1, -0.05) is 6.07 Å². The smallest absolute Gasteiger partial charge is 0.299 e. The van der Waals surface area contributed by atoms with Crippen molar-refractivity contribution in [3.05, 3.63) is 28.8 Å². The highest BCUT2D eigenvalue weighted by Crippen LogP contribution is 2.32. The number of benzene rings is 1. The monoisotopic (exact) mass is 274 g/mol. The normalized spacial score (nSPS) is 13.7. The quantitative estimate of drug-likeness (QED) is 0.843. The van der Waals surface area contributed by atoms with Crippen LogP contribution < -0.4 is 10.2 Å². The third-order valence-corrected chi connectivity index (χ3v) is 3.48. The number of carbonyl (C=O) groups excluding carboxylic acids is 3. The van der Waals surface area contributed by atoms with Gasteiger partial charge >= 0.3 is 0 Å². The van der Waals surface area contributed by atoms with Crippen molar-refractivity contribution in [1.29, 1.82) is 0 Å². The SMILES string of the molecule is CNC(=O)CCCN1C(=O)C(=O)c2c(C)cc(C)cc21. The first-order chi connectivity index (χ1) is 9.45. The van der Waals surface area contributed by atoms with Crippen molar-refractivity contribution in [2.45, 2.75) is 26.7 Å². The summed E-state index contributed by atoms with van der Waals surface area (Å²) in [5.41, 5.74) is 3.02. The molecular formula is C15H18N2O3. The van der Waals surface area contributed by atoms with Gasteiger partial charge in [0, 0.05) is 20.0 Å². The van der Waals surface area contributed by atoms with Crippen LogP contribution in [-0.4, -0.2) is 31.2 Å². The Hall–Kier alpha value is -2.17. The molecule has 0 aliphatic carbocycles. The molecule has 5 nitrogen and oxygen atoms in total. The summed E-state index contributed by atoms with van der Waals surface area (Å²) in [6.45, 7) is 4.15. The second kappa shape index (κ2) is 5.45. The number of anilines is 1. The first-order valence-electron chi connectivity index (χ1n) is 6.63. The lowest BCUT2D eigenvalue weighted by atomic mass is 10.0. The Labute approximate surface area is 118 Å². The molecular weight excluding hydrogens is 256 g/mol. The van der Waals surface area contributed by atoms with Crippen molar-refractivity contribution < 1.29 is 14.4 Å². The van der Waals surface area contributed by atoms with Crippen LogP contribution >= 0.6 is 0 Å². The summed E-state index contributed by atoms with van der Waals surface area (Å²) in [6.07, 6.45) is 0.875. The average molecular weight is 274 g/mol. The lowest BCUT2D eigenvalue weighted by molar-refractivity contribution is -0.121. The topological polar surface area (TPSA) is 66.5 Å². The fourth-order valence-corrected chi connectivity index (χ4v) is 2.54. The van der Waals surface area contributed by atoms with E-state index in [9.17, 15) is 14.4 Å². The van der Waals surface area contributed by atoms with Gasteiger partial charge < -0.3 is 10.2 Å². The molecule has 0 unspecified atom stereocenters. The van der Waals surface area contributed by atoms with Crippen molar-refractivity contribution in [2.24, 2.45) is 0 Å². The van der Waals surface area contributed by atoms with Gasteiger partial charge in [-0.15, -0.1) is 0 Å². The molecule has 0 radical (unpaired) electrons. The largest absolute Gasteiger partial charge is 0.359 e. The van der Waals surface area contributed by atoms with Crippen LogP contribution in [-0.2, 0) is 9.59 Å². The molecule has 106 valence electrons. The third kappa shape index (κ3) is 2.43. The second-order valence-electron chi connectivity index (χ2n) is 5.04. The van der Waals surface area contributed by atoms with E-state index in [-0.39, 0.29) is 5.91 Å². The zero-order valence-corrected chi connectivity index (χ0v) is 11.9. The molecule has 2 amide bonds. The molecule has 0 atom stereocenters. The summed E-state index contributed by atoms with van der Waals surface area (Å²) >= 11 is 0. The van der Waals surface area contributed by atoms with Crippen molar-refractivity contribution in [3.63, 3.8) is 0 Å². The van der Waals surface area contributed by atoms with Gasteiger partial charge in [-0.05, 0) is 37.5 Å². The number of hydrogen-bond donors (Lipinski definition) is 1. The first kappa shape index (κ1) is 14.2. The predicted molar refractivity (Wildman–Crippen MR) is 75.9 cm³/mol. The molecule has 1 N–H and O–H groups in total. The maximum absolute atomic E-state index is 12.0. The summed E-state index contributed by atoms with van der Waals surface area (Å²) in [5.74, 6) is -1.01. The predicted octanol–water partition coefficient (Wildman–Crippen LogP) is 1.36. The van der Waals surface area contributed by atoms with Gasteiger partial charge in [-0.25, -0.2) is 0 Å². The Morgan fingerprint density at radius 1 is 1.25 bits per heavy atom. The lowest BCUT2D eigenvalue weighted by Gasteiger charge is -2.17.